The zero-order valence-corrected chi connectivity index (χ0v) is 14.9. The molecule has 1 aliphatic heterocycles. The van der Waals surface area contributed by atoms with Gasteiger partial charge in [0.15, 0.2) is 0 Å². The number of aromatic nitrogens is 1. The largest absolute Gasteiger partial charge is 0.403 e. The first-order valence-electron chi connectivity index (χ1n) is 8.83. The number of allylic oxidation sites excluding steroid dienone is 5. The van der Waals surface area contributed by atoms with Crippen LogP contribution in [-0.4, -0.2) is 34.9 Å². The zero-order valence-electron chi connectivity index (χ0n) is 14.9. The maximum Gasteiger partial charge on any atom is 0.291 e. The molecule has 8 heteroatoms. The Morgan fingerprint density at radius 2 is 2.31 bits per heavy atom. The van der Waals surface area contributed by atoms with E-state index in [1.165, 1.54) is 6.20 Å². The molecule has 0 radical (unpaired) electrons. The summed E-state index contributed by atoms with van der Waals surface area (Å²) < 4.78 is 10.8. The second-order valence-electron chi connectivity index (χ2n) is 6.34. The number of carbonyl (C=O) groups is 1. The van der Waals surface area contributed by atoms with Gasteiger partial charge in [-0.2, -0.15) is 0 Å². The third kappa shape index (κ3) is 4.14. The van der Waals surface area contributed by atoms with E-state index in [1.54, 1.807) is 11.1 Å². The highest BCUT2D eigenvalue weighted by Crippen LogP contribution is 2.23. The summed E-state index contributed by atoms with van der Waals surface area (Å²) >= 11 is 0. The van der Waals surface area contributed by atoms with Crippen molar-refractivity contribution in [3.63, 3.8) is 0 Å². The van der Waals surface area contributed by atoms with E-state index >= 15 is 0 Å². The lowest BCUT2D eigenvalue weighted by molar-refractivity contribution is -0.141. The molecule has 2 atom stereocenters. The zero-order chi connectivity index (χ0) is 18.5. The van der Waals surface area contributed by atoms with Gasteiger partial charge in [0.05, 0.1) is 12.6 Å². The second kappa shape index (κ2) is 8.20. The Balaban J connectivity index is 1.46. The Morgan fingerprint density at radius 1 is 1.50 bits per heavy atom. The van der Waals surface area contributed by atoms with E-state index in [0.29, 0.717) is 18.7 Å². The summed E-state index contributed by atoms with van der Waals surface area (Å²) in [5.74, 6) is 5.78. The molecule has 1 fully saturated rings. The summed E-state index contributed by atoms with van der Waals surface area (Å²) in [4.78, 5) is 12.3. The van der Waals surface area contributed by atoms with E-state index in [-0.39, 0.29) is 24.0 Å². The molecule has 0 bridgehead atoms. The van der Waals surface area contributed by atoms with Crippen LogP contribution in [0.25, 0.3) is 5.57 Å². The minimum atomic E-state index is -0.352. The number of ether oxygens (including phenoxy) is 1. The molecule has 0 aromatic carbocycles. The fraction of sp³-hybridized carbons (Fsp3) is 0.444. The SMILES string of the molecule is CC/C(=C/N)N(N)C[C@@H]1C[C@H](NC(=O)c2cc(C3=CCCC=C3)no2)O1. The van der Waals surface area contributed by atoms with Gasteiger partial charge in [-0.05, 0) is 24.8 Å². The molecule has 2 heterocycles. The fourth-order valence-electron chi connectivity index (χ4n) is 2.96. The average molecular weight is 359 g/mol. The van der Waals surface area contributed by atoms with Crippen molar-refractivity contribution in [1.82, 2.24) is 15.5 Å². The Bertz CT molecular complexity index is 731. The number of hydrazine groups is 1. The summed E-state index contributed by atoms with van der Waals surface area (Å²) in [5.41, 5.74) is 8.01. The van der Waals surface area contributed by atoms with E-state index in [0.717, 1.165) is 30.5 Å². The van der Waals surface area contributed by atoms with Crippen molar-refractivity contribution in [2.24, 2.45) is 11.6 Å². The van der Waals surface area contributed by atoms with Crippen LogP contribution in [0.2, 0.25) is 0 Å². The molecule has 8 nitrogen and oxygen atoms in total. The highest BCUT2D eigenvalue weighted by Gasteiger charge is 2.33. The first-order chi connectivity index (χ1) is 12.6. The molecule has 2 aliphatic rings. The standard InChI is InChI=1S/C18H25N5O3/c1-2-13(10-19)23(20)11-14-8-17(25-14)21-18(24)16-9-15(22-26-16)12-6-4-3-5-7-12/h4,6-7,9-10,14,17H,2-3,5,8,11,19-20H2,1H3,(H,21,24)/b13-10-/t14-,17+/m0/s1. The lowest BCUT2D eigenvalue weighted by Gasteiger charge is -2.38. The van der Waals surface area contributed by atoms with Crippen LogP contribution in [0.5, 0.6) is 0 Å². The number of rotatable bonds is 7. The van der Waals surface area contributed by atoms with Crippen LogP contribution in [0.1, 0.15) is 48.9 Å². The lowest BCUT2D eigenvalue weighted by Crippen LogP contribution is -2.54. The van der Waals surface area contributed by atoms with Crippen LogP contribution in [0.3, 0.4) is 0 Å². The molecule has 3 rings (SSSR count). The first-order valence-corrected chi connectivity index (χ1v) is 8.83. The Kier molecular flexibility index (Phi) is 5.75. The fourth-order valence-corrected chi connectivity index (χ4v) is 2.96. The van der Waals surface area contributed by atoms with Gasteiger partial charge < -0.3 is 25.3 Å². The molecule has 1 aliphatic carbocycles. The number of carbonyl (C=O) groups excluding carboxylic acids is 1. The highest BCUT2D eigenvalue weighted by molar-refractivity contribution is 5.92. The summed E-state index contributed by atoms with van der Waals surface area (Å²) in [6.07, 6.45) is 10.7. The number of amides is 1. The van der Waals surface area contributed by atoms with Gasteiger partial charge in [0.2, 0.25) is 5.76 Å². The molecular weight excluding hydrogens is 334 g/mol. The molecule has 0 spiro atoms. The van der Waals surface area contributed by atoms with Crippen molar-refractivity contribution in [2.75, 3.05) is 6.54 Å². The summed E-state index contributed by atoms with van der Waals surface area (Å²) in [5, 5.41) is 8.33. The van der Waals surface area contributed by atoms with E-state index in [9.17, 15) is 4.79 Å². The van der Waals surface area contributed by atoms with Gasteiger partial charge in [0.1, 0.15) is 11.9 Å². The van der Waals surface area contributed by atoms with E-state index < -0.39 is 0 Å². The van der Waals surface area contributed by atoms with E-state index in [2.05, 4.69) is 22.6 Å². The number of hydrogen-bond donors (Lipinski definition) is 3. The van der Waals surface area contributed by atoms with E-state index in [4.69, 9.17) is 20.8 Å². The highest BCUT2D eigenvalue weighted by atomic mass is 16.5. The van der Waals surface area contributed by atoms with Gasteiger partial charge in [-0.15, -0.1) is 0 Å². The molecule has 140 valence electrons. The number of nitrogens with zero attached hydrogens (tertiary/aromatic N) is 2. The van der Waals surface area contributed by atoms with Gasteiger partial charge in [-0.3, -0.25) is 4.79 Å². The van der Waals surface area contributed by atoms with E-state index in [1.807, 2.05) is 13.0 Å². The van der Waals surface area contributed by atoms with Crippen molar-refractivity contribution >= 4 is 11.5 Å². The Labute approximate surface area is 152 Å². The van der Waals surface area contributed by atoms with Crippen LogP contribution in [0.4, 0.5) is 0 Å². The van der Waals surface area contributed by atoms with Crippen molar-refractivity contribution in [3.8, 4) is 0 Å². The molecule has 1 aromatic heterocycles. The smallest absolute Gasteiger partial charge is 0.291 e. The van der Waals surface area contributed by atoms with Gasteiger partial charge in [0.25, 0.3) is 5.91 Å². The molecule has 0 unspecified atom stereocenters. The first kappa shape index (κ1) is 18.2. The minimum Gasteiger partial charge on any atom is -0.403 e. The number of hydrogen-bond acceptors (Lipinski definition) is 7. The summed E-state index contributed by atoms with van der Waals surface area (Å²) in [7, 11) is 0. The predicted molar refractivity (Wildman–Crippen MR) is 97.1 cm³/mol. The quantitative estimate of drug-likeness (QED) is 0.500. The molecule has 1 amide bonds. The molecule has 1 aromatic rings. The lowest BCUT2D eigenvalue weighted by atomic mass is 10.0. The van der Waals surface area contributed by atoms with Crippen LogP contribution in [0.15, 0.2) is 40.7 Å². The van der Waals surface area contributed by atoms with Gasteiger partial charge in [-0.25, -0.2) is 5.84 Å². The maximum absolute atomic E-state index is 12.3. The number of nitrogens with two attached hydrogens (primary N) is 2. The Morgan fingerprint density at radius 3 is 2.96 bits per heavy atom. The Hall–Kier alpha value is -2.58. The predicted octanol–water partition coefficient (Wildman–Crippen LogP) is 1.64. The monoisotopic (exact) mass is 359 g/mol. The third-order valence-corrected chi connectivity index (χ3v) is 4.47. The van der Waals surface area contributed by atoms with Crippen LogP contribution in [-0.2, 0) is 4.74 Å². The topological polar surface area (TPSA) is 120 Å². The maximum atomic E-state index is 12.3. The van der Waals surface area contributed by atoms with Crippen LogP contribution < -0.4 is 16.9 Å². The van der Waals surface area contributed by atoms with Gasteiger partial charge >= 0.3 is 0 Å². The normalized spacial score (nSPS) is 22.5. The van der Waals surface area contributed by atoms with Crippen molar-refractivity contribution in [2.45, 2.75) is 44.9 Å². The molecule has 0 saturated carbocycles. The number of nitrogens with one attached hydrogen (secondary N) is 1. The van der Waals surface area contributed by atoms with Gasteiger partial charge in [-0.1, -0.05) is 30.3 Å². The molecule has 1 saturated heterocycles. The third-order valence-electron chi connectivity index (χ3n) is 4.47. The summed E-state index contributed by atoms with van der Waals surface area (Å²) in [6, 6.07) is 1.65. The van der Waals surface area contributed by atoms with Crippen LogP contribution >= 0.6 is 0 Å². The van der Waals surface area contributed by atoms with Crippen molar-refractivity contribution in [1.29, 1.82) is 0 Å². The van der Waals surface area contributed by atoms with Crippen molar-refractivity contribution < 1.29 is 14.1 Å². The minimum absolute atomic E-state index is 0.0466. The second-order valence-corrected chi connectivity index (χ2v) is 6.34. The van der Waals surface area contributed by atoms with Gasteiger partial charge in [0, 0.05) is 24.4 Å². The van der Waals surface area contributed by atoms with Crippen LogP contribution in [0, 0.1) is 0 Å². The molecular formula is C18H25N5O3. The summed E-state index contributed by atoms with van der Waals surface area (Å²) in [6.45, 7) is 2.50. The molecule has 26 heavy (non-hydrogen) atoms. The van der Waals surface area contributed by atoms with Crippen molar-refractivity contribution in [3.05, 3.63) is 47.6 Å². The molecule has 5 N–H and O–H groups in total. The average Bonchev–Trinajstić information content (AvgIpc) is 3.12.